The van der Waals surface area contributed by atoms with Gasteiger partial charge in [-0.2, -0.15) is 10.1 Å². The monoisotopic (exact) mass is 413 g/mol. The van der Waals surface area contributed by atoms with Gasteiger partial charge in [-0.25, -0.2) is 4.98 Å². The number of nitrogens with zero attached hydrogens (tertiary/aromatic N) is 5. The number of hydrogen-bond donors (Lipinski definition) is 3. The van der Waals surface area contributed by atoms with Gasteiger partial charge in [-0.3, -0.25) is 4.68 Å². The number of rotatable bonds is 11. The number of aliphatic hydroxyl groups excluding tert-OH is 1. The van der Waals surface area contributed by atoms with Crippen molar-refractivity contribution in [3.8, 4) is 5.75 Å². The molecule has 2 aromatic heterocycles. The zero-order valence-corrected chi connectivity index (χ0v) is 17.7. The number of unbranched alkanes of at least 4 members (excludes halogenated alkanes) is 2. The van der Waals surface area contributed by atoms with E-state index in [2.05, 4.69) is 16.9 Å². The molecule has 0 radical (unpaired) electrons. The first-order valence-electron chi connectivity index (χ1n) is 10.3. The van der Waals surface area contributed by atoms with Gasteiger partial charge in [0.2, 0.25) is 5.95 Å². The minimum absolute atomic E-state index is 0.0307. The Morgan fingerprint density at radius 3 is 2.73 bits per heavy atom. The van der Waals surface area contributed by atoms with Crippen LogP contribution < -0.4 is 21.1 Å². The lowest BCUT2D eigenvalue weighted by Gasteiger charge is -2.23. The van der Waals surface area contributed by atoms with Gasteiger partial charge in [0.25, 0.3) is 0 Å². The summed E-state index contributed by atoms with van der Waals surface area (Å²) < 4.78 is 7.33. The minimum Gasteiger partial charge on any atom is -0.496 e. The minimum atomic E-state index is 0.0307. The number of nitrogen functional groups attached to an aromatic ring is 1. The second-order valence-electron chi connectivity index (χ2n) is 7.23. The molecule has 0 saturated heterocycles. The van der Waals surface area contributed by atoms with Crippen LogP contribution >= 0.6 is 0 Å². The van der Waals surface area contributed by atoms with Gasteiger partial charge in [-0.05, 0) is 18.1 Å². The van der Waals surface area contributed by atoms with E-state index in [0.29, 0.717) is 36.5 Å². The lowest BCUT2D eigenvalue weighted by Crippen LogP contribution is -2.29. The maximum Gasteiger partial charge on any atom is 0.222 e. The van der Waals surface area contributed by atoms with Crippen molar-refractivity contribution in [3.05, 3.63) is 35.5 Å². The quantitative estimate of drug-likeness (QED) is 0.407. The molecular weight excluding hydrogens is 382 g/mol. The summed E-state index contributed by atoms with van der Waals surface area (Å²) in [5.41, 5.74) is 15.0. The van der Waals surface area contributed by atoms with Crippen LogP contribution in [0.3, 0.4) is 0 Å². The molecule has 30 heavy (non-hydrogen) atoms. The molecule has 0 aliphatic heterocycles. The van der Waals surface area contributed by atoms with Crippen LogP contribution in [0.5, 0.6) is 5.75 Å². The molecule has 9 nitrogen and oxygen atoms in total. The van der Waals surface area contributed by atoms with Gasteiger partial charge in [0.15, 0.2) is 11.3 Å². The Kier molecular flexibility index (Phi) is 7.42. The highest BCUT2D eigenvalue weighted by molar-refractivity contribution is 5.86. The van der Waals surface area contributed by atoms with E-state index in [4.69, 9.17) is 21.3 Å². The second-order valence-corrected chi connectivity index (χ2v) is 7.23. The standard InChI is InChI=1S/C21H31N7O2/c1-3-4-5-8-27(9-10-29)20-19-17(24-21(23)25-20)14-28(26-19)13-16-7-6-15(12-22)11-18(16)30-2/h6-7,11,14,29H,3-5,8-10,12-13,22H2,1-2H3,(H2,23,24). The Labute approximate surface area is 176 Å². The maximum atomic E-state index is 9.53. The van der Waals surface area contributed by atoms with Gasteiger partial charge >= 0.3 is 0 Å². The third kappa shape index (κ3) is 4.98. The van der Waals surface area contributed by atoms with Gasteiger partial charge < -0.3 is 26.2 Å². The van der Waals surface area contributed by atoms with Crippen LogP contribution in [-0.2, 0) is 13.1 Å². The highest BCUT2D eigenvalue weighted by atomic mass is 16.5. The summed E-state index contributed by atoms with van der Waals surface area (Å²) in [6.45, 7) is 4.41. The van der Waals surface area contributed by atoms with E-state index in [0.717, 1.165) is 42.7 Å². The molecule has 0 unspecified atom stereocenters. The number of aromatic nitrogens is 4. The smallest absolute Gasteiger partial charge is 0.222 e. The first kappa shape index (κ1) is 21.8. The number of nitrogens with two attached hydrogens (primary N) is 2. The van der Waals surface area contributed by atoms with E-state index in [9.17, 15) is 5.11 Å². The molecule has 3 rings (SSSR count). The fraction of sp³-hybridized carbons (Fsp3) is 0.476. The summed E-state index contributed by atoms with van der Waals surface area (Å²) in [4.78, 5) is 10.8. The van der Waals surface area contributed by atoms with Crippen LogP contribution in [0.4, 0.5) is 11.8 Å². The molecule has 0 aliphatic rings. The number of fused-ring (bicyclic) bond motifs is 1. The van der Waals surface area contributed by atoms with Crippen molar-refractivity contribution in [3.63, 3.8) is 0 Å². The lowest BCUT2D eigenvalue weighted by atomic mass is 10.1. The highest BCUT2D eigenvalue weighted by Gasteiger charge is 2.17. The SMILES string of the molecule is CCCCCN(CCO)c1nc(N)nc2cn(Cc3ccc(CN)cc3OC)nc12. The zero-order chi connectivity index (χ0) is 21.5. The molecule has 5 N–H and O–H groups in total. The van der Waals surface area contributed by atoms with Crippen LogP contribution in [0.2, 0.25) is 0 Å². The molecular formula is C21H31N7O2. The Morgan fingerprint density at radius 1 is 1.20 bits per heavy atom. The predicted molar refractivity (Wildman–Crippen MR) is 119 cm³/mol. The van der Waals surface area contributed by atoms with E-state index in [1.807, 2.05) is 34.0 Å². The van der Waals surface area contributed by atoms with E-state index in [1.54, 1.807) is 7.11 Å². The van der Waals surface area contributed by atoms with Crippen molar-refractivity contribution in [2.24, 2.45) is 5.73 Å². The van der Waals surface area contributed by atoms with E-state index in [1.165, 1.54) is 0 Å². The third-order valence-electron chi connectivity index (χ3n) is 5.03. The summed E-state index contributed by atoms with van der Waals surface area (Å²) in [6, 6.07) is 5.93. The van der Waals surface area contributed by atoms with Gasteiger partial charge in [-0.15, -0.1) is 0 Å². The molecule has 3 aromatic rings. The molecule has 1 aromatic carbocycles. The van der Waals surface area contributed by atoms with Crippen molar-refractivity contribution in [1.82, 2.24) is 19.7 Å². The molecule has 2 heterocycles. The molecule has 0 spiro atoms. The number of aliphatic hydroxyl groups is 1. The Morgan fingerprint density at radius 2 is 2.03 bits per heavy atom. The van der Waals surface area contributed by atoms with Crippen molar-refractivity contribution in [1.29, 1.82) is 0 Å². The largest absolute Gasteiger partial charge is 0.496 e. The van der Waals surface area contributed by atoms with Crippen molar-refractivity contribution < 1.29 is 9.84 Å². The van der Waals surface area contributed by atoms with E-state index in [-0.39, 0.29) is 12.6 Å². The van der Waals surface area contributed by atoms with Crippen LogP contribution in [-0.4, -0.2) is 51.7 Å². The van der Waals surface area contributed by atoms with Gasteiger partial charge in [0.1, 0.15) is 11.3 Å². The highest BCUT2D eigenvalue weighted by Crippen LogP contribution is 2.26. The maximum absolute atomic E-state index is 9.53. The average molecular weight is 414 g/mol. The summed E-state index contributed by atoms with van der Waals surface area (Å²) in [7, 11) is 1.64. The molecule has 0 aliphatic carbocycles. The van der Waals surface area contributed by atoms with Crippen molar-refractivity contribution in [2.45, 2.75) is 39.3 Å². The van der Waals surface area contributed by atoms with Crippen LogP contribution in [0.1, 0.15) is 37.3 Å². The van der Waals surface area contributed by atoms with Gasteiger partial charge in [0, 0.05) is 25.2 Å². The van der Waals surface area contributed by atoms with Gasteiger partial charge in [0.05, 0.1) is 26.5 Å². The summed E-state index contributed by atoms with van der Waals surface area (Å²) >= 11 is 0. The fourth-order valence-corrected chi connectivity index (χ4v) is 3.48. The Hall–Kier alpha value is -2.91. The van der Waals surface area contributed by atoms with Crippen molar-refractivity contribution >= 4 is 22.8 Å². The molecule has 0 fully saturated rings. The second kappa shape index (κ2) is 10.2. The Bertz CT molecular complexity index is 973. The topological polar surface area (TPSA) is 128 Å². The number of ether oxygens (including phenoxy) is 1. The van der Waals surface area contributed by atoms with E-state index >= 15 is 0 Å². The number of methoxy groups -OCH3 is 1. The Balaban J connectivity index is 1.95. The summed E-state index contributed by atoms with van der Waals surface area (Å²) in [5.74, 6) is 1.62. The number of benzene rings is 1. The summed E-state index contributed by atoms with van der Waals surface area (Å²) in [6.07, 6.45) is 5.09. The van der Waals surface area contributed by atoms with Crippen LogP contribution in [0, 0.1) is 0 Å². The predicted octanol–water partition coefficient (Wildman–Crippen LogP) is 1.91. The van der Waals surface area contributed by atoms with Crippen LogP contribution in [0.25, 0.3) is 11.0 Å². The molecule has 9 heteroatoms. The average Bonchev–Trinajstić information content (AvgIpc) is 3.15. The first-order chi connectivity index (χ1) is 14.6. The fourth-order valence-electron chi connectivity index (χ4n) is 3.48. The zero-order valence-electron chi connectivity index (χ0n) is 17.7. The normalized spacial score (nSPS) is 11.2. The first-order valence-corrected chi connectivity index (χ1v) is 10.3. The molecule has 162 valence electrons. The van der Waals surface area contributed by atoms with Crippen LogP contribution in [0.15, 0.2) is 24.4 Å². The van der Waals surface area contributed by atoms with E-state index < -0.39 is 0 Å². The van der Waals surface area contributed by atoms with Crippen molar-refractivity contribution in [2.75, 3.05) is 37.4 Å². The lowest BCUT2D eigenvalue weighted by molar-refractivity contribution is 0.301. The van der Waals surface area contributed by atoms with Gasteiger partial charge in [-0.1, -0.05) is 31.9 Å². The summed E-state index contributed by atoms with van der Waals surface area (Å²) in [5, 5.41) is 14.3. The molecule has 0 saturated carbocycles. The molecule has 0 atom stereocenters. The molecule has 0 bridgehead atoms. The molecule has 0 amide bonds. The number of hydrogen-bond acceptors (Lipinski definition) is 8. The number of anilines is 2. The third-order valence-corrected chi connectivity index (χ3v) is 5.03.